The lowest BCUT2D eigenvalue weighted by Crippen LogP contribution is -2.43. The van der Waals surface area contributed by atoms with Crippen molar-refractivity contribution in [2.24, 2.45) is 0 Å². The molecule has 2 unspecified atom stereocenters. The smallest absolute Gasteiger partial charge is 0.116 e. The first-order valence-electron chi connectivity index (χ1n) is 5.47. The Morgan fingerprint density at radius 3 is 2.93 bits per heavy atom. The summed E-state index contributed by atoms with van der Waals surface area (Å²) in [5.74, 6) is 0. The van der Waals surface area contributed by atoms with E-state index in [4.69, 9.17) is 4.74 Å². The molecule has 2 nitrogen and oxygen atoms in total. The van der Waals surface area contributed by atoms with E-state index in [1.54, 1.807) is 18.4 Å². The number of hydrogen-bond donors (Lipinski definition) is 1. The summed E-state index contributed by atoms with van der Waals surface area (Å²) in [6.07, 6.45) is 3.99. The van der Waals surface area contributed by atoms with E-state index in [2.05, 4.69) is 18.4 Å². The molecule has 1 N–H and O–H groups in total. The standard InChI is InChI=1S/C12H18O2S/c1-9-7-10(8-15-9)12(13)6-4-3-5-11(12)14-2/h7-8,11,13H,3-6H2,1-2H3. The first-order chi connectivity index (χ1) is 7.16. The zero-order chi connectivity index (χ0) is 10.9. The molecule has 15 heavy (non-hydrogen) atoms. The summed E-state index contributed by atoms with van der Waals surface area (Å²) in [6, 6.07) is 2.09. The molecule has 0 aliphatic heterocycles. The van der Waals surface area contributed by atoms with Gasteiger partial charge < -0.3 is 9.84 Å². The molecule has 2 rings (SSSR count). The maximum atomic E-state index is 10.7. The lowest BCUT2D eigenvalue weighted by Gasteiger charge is -2.38. The van der Waals surface area contributed by atoms with Gasteiger partial charge in [-0.15, -0.1) is 11.3 Å². The zero-order valence-electron chi connectivity index (χ0n) is 9.32. The molecule has 3 heteroatoms. The van der Waals surface area contributed by atoms with Crippen LogP contribution in [-0.4, -0.2) is 18.3 Å². The summed E-state index contributed by atoms with van der Waals surface area (Å²) >= 11 is 1.69. The summed E-state index contributed by atoms with van der Waals surface area (Å²) in [6.45, 7) is 2.07. The fourth-order valence-electron chi connectivity index (χ4n) is 2.44. The molecule has 1 aliphatic rings. The van der Waals surface area contributed by atoms with Crippen molar-refractivity contribution in [3.63, 3.8) is 0 Å². The Hall–Kier alpha value is -0.380. The summed E-state index contributed by atoms with van der Waals surface area (Å²) in [7, 11) is 1.69. The minimum Gasteiger partial charge on any atom is -0.382 e. The van der Waals surface area contributed by atoms with Crippen LogP contribution in [-0.2, 0) is 10.3 Å². The average molecular weight is 226 g/mol. The monoisotopic (exact) mass is 226 g/mol. The minimum absolute atomic E-state index is 0.0414. The number of aliphatic hydroxyl groups is 1. The largest absolute Gasteiger partial charge is 0.382 e. The van der Waals surface area contributed by atoms with Crippen LogP contribution in [0.1, 0.15) is 36.1 Å². The highest BCUT2D eigenvalue weighted by atomic mass is 32.1. The van der Waals surface area contributed by atoms with Gasteiger partial charge in [0.1, 0.15) is 5.60 Å². The van der Waals surface area contributed by atoms with Gasteiger partial charge in [-0.1, -0.05) is 12.8 Å². The van der Waals surface area contributed by atoms with Gasteiger partial charge in [0.15, 0.2) is 0 Å². The Balaban J connectivity index is 2.29. The third-order valence-corrected chi connectivity index (χ3v) is 4.18. The van der Waals surface area contributed by atoms with Gasteiger partial charge >= 0.3 is 0 Å². The van der Waals surface area contributed by atoms with E-state index in [-0.39, 0.29) is 6.10 Å². The topological polar surface area (TPSA) is 29.5 Å². The van der Waals surface area contributed by atoms with Crippen LogP contribution in [0.25, 0.3) is 0 Å². The summed E-state index contributed by atoms with van der Waals surface area (Å²) in [4.78, 5) is 1.25. The Kier molecular flexibility index (Phi) is 3.14. The zero-order valence-corrected chi connectivity index (χ0v) is 10.1. The molecule has 0 saturated heterocycles. The number of thiophene rings is 1. The van der Waals surface area contributed by atoms with Crippen molar-refractivity contribution in [3.05, 3.63) is 21.9 Å². The van der Waals surface area contributed by atoms with Crippen molar-refractivity contribution in [1.82, 2.24) is 0 Å². The molecule has 1 aromatic heterocycles. The maximum Gasteiger partial charge on any atom is 0.116 e. The third kappa shape index (κ3) is 1.96. The lowest BCUT2D eigenvalue weighted by atomic mass is 9.78. The Morgan fingerprint density at radius 2 is 2.33 bits per heavy atom. The van der Waals surface area contributed by atoms with Crippen molar-refractivity contribution >= 4 is 11.3 Å². The molecular weight excluding hydrogens is 208 g/mol. The fraction of sp³-hybridized carbons (Fsp3) is 0.667. The summed E-state index contributed by atoms with van der Waals surface area (Å²) in [5, 5.41) is 12.8. The lowest BCUT2D eigenvalue weighted by molar-refractivity contribution is -0.122. The van der Waals surface area contributed by atoms with E-state index >= 15 is 0 Å². The van der Waals surface area contributed by atoms with Gasteiger partial charge in [0.2, 0.25) is 0 Å². The van der Waals surface area contributed by atoms with E-state index in [1.807, 2.05) is 0 Å². The fourth-order valence-corrected chi connectivity index (χ4v) is 3.22. The SMILES string of the molecule is COC1CCCCC1(O)c1csc(C)c1. The molecule has 0 amide bonds. The molecule has 1 saturated carbocycles. The highest BCUT2D eigenvalue weighted by molar-refractivity contribution is 7.10. The Morgan fingerprint density at radius 1 is 1.53 bits per heavy atom. The van der Waals surface area contributed by atoms with Gasteiger partial charge in [-0.25, -0.2) is 0 Å². The number of methoxy groups -OCH3 is 1. The molecule has 84 valence electrons. The molecule has 0 radical (unpaired) electrons. The molecule has 2 atom stereocenters. The van der Waals surface area contributed by atoms with Gasteiger partial charge in [0, 0.05) is 12.0 Å². The van der Waals surface area contributed by atoms with Crippen LogP contribution in [0.3, 0.4) is 0 Å². The summed E-state index contributed by atoms with van der Waals surface area (Å²) < 4.78 is 5.43. The minimum atomic E-state index is -0.752. The molecule has 0 spiro atoms. The van der Waals surface area contributed by atoms with Crippen molar-refractivity contribution in [2.45, 2.75) is 44.3 Å². The van der Waals surface area contributed by atoms with Crippen LogP contribution in [0.5, 0.6) is 0 Å². The number of rotatable bonds is 2. The van der Waals surface area contributed by atoms with Crippen LogP contribution in [0.2, 0.25) is 0 Å². The second kappa shape index (κ2) is 4.24. The molecule has 1 heterocycles. The first-order valence-corrected chi connectivity index (χ1v) is 6.35. The number of hydrogen-bond acceptors (Lipinski definition) is 3. The molecular formula is C12H18O2S. The van der Waals surface area contributed by atoms with Gasteiger partial charge in [-0.05, 0) is 36.8 Å². The molecule has 0 aromatic carbocycles. The van der Waals surface area contributed by atoms with Gasteiger partial charge in [-0.2, -0.15) is 0 Å². The van der Waals surface area contributed by atoms with Crippen LogP contribution in [0.15, 0.2) is 11.4 Å². The second-order valence-electron chi connectivity index (χ2n) is 4.34. The van der Waals surface area contributed by atoms with E-state index in [1.165, 1.54) is 4.88 Å². The normalized spacial score (nSPS) is 31.8. The van der Waals surface area contributed by atoms with E-state index in [0.717, 1.165) is 31.2 Å². The predicted octanol–water partition coefficient (Wildman–Crippen LogP) is 2.83. The number of aryl methyl sites for hydroxylation is 1. The van der Waals surface area contributed by atoms with Crippen LogP contribution >= 0.6 is 11.3 Å². The van der Waals surface area contributed by atoms with Crippen molar-refractivity contribution in [3.8, 4) is 0 Å². The quantitative estimate of drug-likeness (QED) is 0.840. The Bertz CT molecular complexity index is 334. The Labute approximate surface area is 94.9 Å². The third-order valence-electron chi connectivity index (χ3n) is 3.32. The highest BCUT2D eigenvalue weighted by Gasteiger charge is 2.41. The van der Waals surface area contributed by atoms with Crippen molar-refractivity contribution in [2.75, 3.05) is 7.11 Å². The highest BCUT2D eigenvalue weighted by Crippen LogP contribution is 2.40. The van der Waals surface area contributed by atoms with Crippen LogP contribution in [0.4, 0.5) is 0 Å². The second-order valence-corrected chi connectivity index (χ2v) is 5.46. The van der Waals surface area contributed by atoms with Gasteiger partial charge in [0.05, 0.1) is 6.10 Å². The van der Waals surface area contributed by atoms with E-state index in [0.29, 0.717) is 0 Å². The van der Waals surface area contributed by atoms with Gasteiger partial charge in [0.25, 0.3) is 0 Å². The molecule has 1 fully saturated rings. The molecule has 1 aliphatic carbocycles. The molecule has 1 aromatic rings. The molecule has 0 bridgehead atoms. The first kappa shape index (κ1) is 11.1. The van der Waals surface area contributed by atoms with Crippen LogP contribution < -0.4 is 0 Å². The van der Waals surface area contributed by atoms with Crippen molar-refractivity contribution < 1.29 is 9.84 Å². The van der Waals surface area contributed by atoms with E-state index < -0.39 is 5.60 Å². The van der Waals surface area contributed by atoms with Crippen LogP contribution in [0, 0.1) is 6.92 Å². The number of ether oxygens (including phenoxy) is 1. The van der Waals surface area contributed by atoms with Gasteiger partial charge in [-0.3, -0.25) is 0 Å². The summed E-state index contributed by atoms with van der Waals surface area (Å²) in [5.41, 5.74) is 0.286. The van der Waals surface area contributed by atoms with E-state index in [9.17, 15) is 5.11 Å². The average Bonchev–Trinajstić information content (AvgIpc) is 2.66. The van der Waals surface area contributed by atoms with Crippen molar-refractivity contribution in [1.29, 1.82) is 0 Å². The predicted molar refractivity (Wildman–Crippen MR) is 62.2 cm³/mol. The maximum absolute atomic E-state index is 10.7.